The molecule has 1 N–H and O–H groups in total. The third-order valence-corrected chi connectivity index (χ3v) is 2.97. The Labute approximate surface area is 97.9 Å². The molecule has 0 amide bonds. The van der Waals surface area contributed by atoms with Crippen molar-refractivity contribution < 1.29 is 27.8 Å². The fraction of sp³-hybridized carbons (Fsp3) is 0.909. The molecule has 6 heteroatoms. The number of rotatable bonds is 4. The molecule has 17 heavy (non-hydrogen) atoms. The molecule has 0 bridgehead atoms. The second kappa shape index (κ2) is 5.71. The average Bonchev–Trinajstić information content (AvgIpc) is 2.14. The lowest BCUT2D eigenvalue weighted by Gasteiger charge is -2.30. The van der Waals surface area contributed by atoms with Crippen molar-refractivity contribution in [3.05, 3.63) is 0 Å². The van der Waals surface area contributed by atoms with E-state index in [0.29, 0.717) is 18.8 Å². The molecule has 1 aliphatic rings. The van der Waals surface area contributed by atoms with Gasteiger partial charge >= 0.3 is 12.1 Å². The monoisotopic (exact) mass is 254 g/mol. The summed E-state index contributed by atoms with van der Waals surface area (Å²) in [4.78, 5) is 10.4. The lowest BCUT2D eigenvalue weighted by Crippen LogP contribution is -2.38. The summed E-state index contributed by atoms with van der Waals surface area (Å²) in [5.74, 6) is -1.15. The molecule has 0 aromatic heterocycles. The molecular weight excluding hydrogens is 237 g/mol. The number of alkyl halides is 3. The molecule has 0 spiro atoms. The molecule has 3 unspecified atom stereocenters. The first-order valence-electron chi connectivity index (χ1n) is 5.73. The maximum Gasteiger partial charge on any atom is 0.415 e. The standard InChI is InChI=1S/C11H17F3O3/c1-7-3-2-4-8(5-7)17-9(6-10(15)16)11(12,13)14/h7-9H,2-6H2,1H3,(H,15,16). The molecular formula is C11H17F3O3. The topological polar surface area (TPSA) is 46.5 Å². The quantitative estimate of drug-likeness (QED) is 0.838. The van der Waals surface area contributed by atoms with Gasteiger partial charge in [-0.25, -0.2) is 0 Å². The molecule has 3 nitrogen and oxygen atoms in total. The van der Waals surface area contributed by atoms with Crippen LogP contribution in [0.25, 0.3) is 0 Å². The molecule has 3 atom stereocenters. The first-order chi connectivity index (χ1) is 7.79. The molecule has 1 aliphatic carbocycles. The minimum atomic E-state index is -4.61. The highest BCUT2D eigenvalue weighted by Crippen LogP contribution is 2.32. The second-order valence-corrected chi connectivity index (χ2v) is 4.66. The maximum absolute atomic E-state index is 12.5. The molecule has 1 saturated carbocycles. The van der Waals surface area contributed by atoms with Crippen LogP contribution in [0.1, 0.15) is 39.0 Å². The molecule has 0 aromatic carbocycles. The normalized spacial score (nSPS) is 27.8. The van der Waals surface area contributed by atoms with Crippen molar-refractivity contribution in [2.45, 2.75) is 57.4 Å². The van der Waals surface area contributed by atoms with Gasteiger partial charge in [-0.3, -0.25) is 4.79 Å². The Bertz CT molecular complexity index is 265. The fourth-order valence-corrected chi connectivity index (χ4v) is 2.13. The number of carboxylic acid groups (broad SMARTS) is 1. The Morgan fingerprint density at radius 3 is 2.59 bits per heavy atom. The van der Waals surface area contributed by atoms with Crippen molar-refractivity contribution in [1.29, 1.82) is 0 Å². The van der Waals surface area contributed by atoms with Crippen LogP contribution in [-0.2, 0) is 9.53 Å². The van der Waals surface area contributed by atoms with E-state index < -0.39 is 30.8 Å². The average molecular weight is 254 g/mol. The number of carbonyl (C=O) groups is 1. The molecule has 1 rings (SSSR count). The first-order valence-corrected chi connectivity index (χ1v) is 5.73. The lowest BCUT2D eigenvalue weighted by molar-refractivity contribution is -0.239. The highest BCUT2D eigenvalue weighted by molar-refractivity contribution is 5.67. The van der Waals surface area contributed by atoms with Crippen LogP contribution in [0.3, 0.4) is 0 Å². The SMILES string of the molecule is CC1CCCC(OC(CC(=O)O)C(F)(F)F)C1. The summed E-state index contributed by atoms with van der Waals surface area (Å²) in [7, 11) is 0. The van der Waals surface area contributed by atoms with Crippen molar-refractivity contribution in [3.8, 4) is 0 Å². The van der Waals surface area contributed by atoms with Crippen LogP contribution in [0.5, 0.6) is 0 Å². The van der Waals surface area contributed by atoms with Gasteiger partial charge in [0.05, 0.1) is 12.5 Å². The molecule has 1 fully saturated rings. The summed E-state index contributed by atoms with van der Waals surface area (Å²) in [6.07, 6.45) is -5.30. The number of aliphatic carboxylic acids is 1. The highest BCUT2D eigenvalue weighted by atomic mass is 19.4. The van der Waals surface area contributed by atoms with E-state index in [-0.39, 0.29) is 0 Å². The van der Waals surface area contributed by atoms with E-state index in [9.17, 15) is 18.0 Å². The van der Waals surface area contributed by atoms with Crippen molar-refractivity contribution in [3.63, 3.8) is 0 Å². The number of hydrogen-bond acceptors (Lipinski definition) is 2. The minimum absolute atomic E-state index is 0.340. The number of carboxylic acids is 1. The van der Waals surface area contributed by atoms with Gasteiger partial charge in [0, 0.05) is 0 Å². The van der Waals surface area contributed by atoms with Crippen LogP contribution < -0.4 is 0 Å². The van der Waals surface area contributed by atoms with Gasteiger partial charge < -0.3 is 9.84 Å². The van der Waals surface area contributed by atoms with E-state index >= 15 is 0 Å². The number of hydrogen-bond donors (Lipinski definition) is 1. The molecule has 0 heterocycles. The van der Waals surface area contributed by atoms with Gasteiger partial charge in [0.2, 0.25) is 0 Å². The first kappa shape index (κ1) is 14.3. The second-order valence-electron chi connectivity index (χ2n) is 4.66. The van der Waals surface area contributed by atoms with Crippen molar-refractivity contribution in [2.75, 3.05) is 0 Å². The minimum Gasteiger partial charge on any atom is -0.481 e. The van der Waals surface area contributed by atoms with E-state index in [2.05, 4.69) is 0 Å². The summed E-state index contributed by atoms with van der Waals surface area (Å²) < 4.78 is 42.6. The van der Waals surface area contributed by atoms with Crippen LogP contribution in [0.2, 0.25) is 0 Å². The Morgan fingerprint density at radius 2 is 2.12 bits per heavy atom. The Balaban J connectivity index is 2.56. The predicted octanol–water partition coefficient (Wildman–Crippen LogP) is 2.99. The van der Waals surface area contributed by atoms with Gasteiger partial charge in [-0.2, -0.15) is 13.2 Å². The van der Waals surface area contributed by atoms with E-state index in [1.54, 1.807) is 0 Å². The van der Waals surface area contributed by atoms with Crippen molar-refractivity contribution in [2.24, 2.45) is 5.92 Å². The maximum atomic E-state index is 12.5. The summed E-state index contributed by atoms with van der Waals surface area (Å²) in [6.45, 7) is 1.97. The zero-order valence-electron chi connectivity index (χ0n) is 9.67. The van der Waals surface area contributed by atoms with Crippen LogP contribution in [0.15, 0.2) is 0 Å². The smallest absolute Gasteiger partial charge is 0.415 e. The molecule has 100 valence electrons. The van der Waals surface area contributed by atoms with Crippen molar-refractivity contribution in [1.82, 2.24) is 0 Å². The summed E-state index contributed by atoms with van der Waals surface area (Å²) in [5, 5.41) is 8.45. The van der Waals surface area contributed by atoms with Gasteiger partial charge in [-0.15, -0.1) is 0 Å². The van der Waals surface area contributed by atoms with Crippen molar-refractivity contribution >= 4 is 5.97 Å². The number of ether oxygens (including phenoxy) is 1. The molecule has 0 aliphatic heterocycles. The van der Waals surface area contributed by atoms with E-state index in [0.717, 1.165) is 12.8 Å². The summed E-state index contributed by atoms with van der Waals surface area (Å²) in [5.41, 5.74) is 0. The van der Waals surface area contributed by atoms with Crippen LogP contribution >= 0.6 is 0 Å². The van der Waals surface area contributed by atoms with E-state index in [1.807, 2.05) is 6.92 Å². The van der Waals surface area contributed by atoms with Gasteiger partial charge in [0.1, 0.15) is 0 Å². The summed E-state index contributed by atoms with van der Waals surface area (Å²) in [6, 6.07) is 0. The largest absolute Gasteiger partial charge is 0.481 e. The summed E-state index contributed by atoms with van der Waals surface area (Å²) >= 11 is 0. The van der Waals surface area contributed by atoms with E-state index in [1.165, 1.54) is 0 Å². The number of halogens is 3. The van der Waals surface area contributed by atoms with E-state index in [4.69, 9.17) is 9.84 Å². The Hall–Kier alpha value is -0.780. The third kappa shape index (κ3) is 4.93. The zero-order chi connectivity index (χ0) is 13.1. The van der Waals surface area contributed by atoms with Gasteiger partial charge in [0.15, 0.2) is 6.10 Å². The van der Waals surface area contributed by atoms with Gasteiger partial charge in [-0.1, -0.05) is 19.8 Å². The zero-order valence-corrected chi connectivity index (χ0v) is 9.67. The highest BCUT2D eigenvalue weighted by Gasteiger charge is 2.43. The Morgan fingerprint density at radius 1 is 1.47 bits per heavy atom. The van der Waals surface area contributed by atoms with Gasteiger partial charge in [-0.05, 0) is 18.8 Å². The Kier molecular flexibility index (Phi) is 4.80. The molecule has 0 aromatic rings. The third-order valence-electron chi connectivity index (χ3n) is 2.97. The van der Waals surface area contributed by atoms with Crippen LogP contribution in [0.4, 0.5) is 13.2 Å². The van der Waals surface area contributed by atoms with Crippen LogP contribution in [0, 0.1) is 5.92 Å². The van der Waals surface area contributed by atoms with Crippen LogP contribution in [-0.4, -0.2) is 29.5 Å². The van der Waals surface area contributed by atoms with Gasteiger partial charge in [0.25, 0.3) is 0 Å². The fourth-order valence-electron chi connectivity index (χ4n) is 2.13. The molecule has 0 radical (unpaired) electrons. The lowest BCUT2D eigenvalue weighted by atomic mass is 9.88. The molecule has 0 saturated heterocycles. The predicted molar refractivity (Wildman–Crippen MR) is 54.6 cm³/mol.